The summed E-state index contributed by atoms with van der Waals surface area (Å²) in [5.41, 5.74) is -0.563. The lowest BCUT2D eigenvalue weighted by molar-refractivity contribution is 0.00336. The van der Waals surface area contributed by atoms with Crippen LogP contribution in [0.3, 0.4) is 0 Å². The predicted molar refractivity (Wildman–Crippen MR) is 90.5 cm³/mol. The summed E-state index contributed by atoms with van der Waals surface area (Å²) in [4.78, 5) is 23.7. The molecule has 0 radical (unpaired) electrons. The monoisotopic (exact) mass is 404 g/mol. The van der Waals surface area contributed by atoms with Gasteiger partial charge in [0.15, 0.2) is 10.4 Å². The molecule has 1 saturated heterocycles. The number of carbonyl (C=O) groups excluding carboxylic acids is 1. The molecule has 0 N–H and O–H groups in total. The lowest BCUT2D eigenvalue weighted by Crippen LogP contribution is -2.58. The smallest absolute Gasteiger partial charge is 0.410 e. The molecule has 0 unspecified atom stereocenters. The molecule has 1 amide bonds. The fourth-order valence-electron chi connectivity index (χ4n) is 2.45. The first-order chi connectivity index (χ1) is 11.2. The van der Waals surface area contributed by atoms with E-state index in [0.717, 1.165) is 0 Å². The molecule has 0 aromatic carbocycles. The van der Waals surface area contributed by atoms with Crippen molar-refractivity contribution >= 4 is 27.8 Å². The number of aromatic nitrogens is 2. The minimum atomic E-state index is -0.662. The predicted octanol–water partition coefficient (Wildman–Crippen LogP) is 2.45. The highest BCUT2D eigenvalue weighted by molar-refractivity contribution is 9.10. The molecule has 0 spiro atoms. The zero-order valence-electron chi connectivity index (χ0n) is 14.3. The Kier molecular flexibility index (Phi) is 5.97. The Balaban J connectivity index is 2.12. The molecule has 1 atom stereocenters. The van der Waals surface area contributed by atoms with Crippen LogP contribution in [0.1, 0.15) is 20.8 Å². The number of amides is 1. The van der Waals surface area contributed by atoms with Gasteiger partial charge in [0, 0.05) is 26.7 Å². The van der Waals surface area contributed by atoms with E-state index in [1.807, 2.05) is 25.7 Å². The van der Waals surface area contributed by atoms with Gasteiger partial charge >= 0.3 is 6.09 Å². The van der Waals surface area contributed by atoms with Crippen molar-refractivity contribution < 1.29 is 18.7 Å². The summed E-state index contributed by atoms with van der Waals surface area (Å²) in [6, 6.07) is -0.216. The summed E-state index contributed by atoms with van der Waals surface area (Å²) in [7, 11) is 1.57. The quantitative estimate of drug-likeness (QED) is 0.770. The Morgan fingerprint density at radius 1 is 1.46 bits per heavy atom. The van der Waals surface area contributed by atoms with Crippen LogP contribution in [-0.4, -0.2) is 66.0 Å². The first-order valence-electron chi connectivity index (χ1n) is 7.63. The first kappa shape index (κ1) is 18.9. The van der Waals surface area contributed by atoms with Gasteiger partial charge < -0.3 is 14.4 Å². The standard InChI is InChI=1S/C15H22BrFN4O3/c1-15(2,3)24-14(22)21-6-5-20(8-10(21)9-23-4)11-7-18-12(16)13(17)19-11/h7,10H,5-6,8-9H2,1-4H3/t10-/m1/s1. The fraction of sp³-hybridized carbons (Fsp3) is 0.667. The van der Waals surface area contributed by atoms with Crippen LogP contribution < -0.4 is 4.90 Å². The van der Waals surface area contributed by atoms with E-state index < -0.39 is 11.5 Å². The average Bonchev–Trinajstić information content (AvgIpc) is 2.48. The summed E-state index contributed by atoms with van der Waals surface area (Å²) in [6.45, 7) is 7.23. The van der Waals surface area contributed by atoms with Crippen molar-refractivity contribution in [1.29, 1.82) is 0 Å². The molecule has 1 fully saturated rings. The Morgan fingerprint density at radius 3 is 2.75 bits per heavy atom. The number of carbonyl (C=O) groups is 1. The number of hydrogen-bond donors (Lipinski definition) is 0. The minimum absolute atomic E-state index is 0.0760. The number of anilines is 1. The SMILES string of the molecule is COC[C@H]1CN(c2cnc(Br)c(F)n2)CCN1C(=O)OC(C)(C)C. The number of hydrogen-bond acceptors (Lipinski definition) is 6. The normalized spacial score (nSPS) is 18.7. The second-order valence-corrected chi connectivity index (χ2v) is 7.29. The van der Waals surface area contributed by atoms with Crippen molar-refractivity contribution in [1.82, 2.24) is 14.9 Å². The van der Waals surface area contributed by atoms with E-state index in [9.17, 15) is 9.18 Å². The summed E-state index contributed by atoms with van der Waals surface area (Å²) >= 11 is 2.99. The number of ether oxygens (including phenoxy) is 2. The van der Waals surface area contributed by atoms with Crippen LogP contribution >= 0.6 is 15.9 Å². The van der Waals surface area contributed by atoms with Gasteiger partial charge in [0.1, 0.15) is 5.60 Å². The van der Waals surface area contributed by atoms with Gasteiger partial charge in [-0.25, -0.2) is 9.78 Å². The van der Waals surface area contributed by atoms with Gasteiger partial charge in [-0.3, -0.25) is 4.90 Å². The highest BCUT2D eigenvalue weighted by atomic mass is 79.9. The second kappa shape index (κ2) is 7.60. The maximum atomic E-state index is 13.6. The van der Waals surface area contributed by atoms with Crippen molar-refractivity contribution in [3.05, 3.63) is 16.7 Å². The highest BCUT2D eigenvalue weighted by Crippen LogP contribution is 2.21. The lowest BCUT2D eigenvalue weighted by Gasteiger charge is -2.41. The Hall–Kier alpha value is -1.48. The van der Waals surface area contributed by atoms with Crippen molar-refractivity contribution in [2.24, 2.45) is 0 Å². The summed E-state index contributed by atoms with van der Waals surface area (Å²) in [5, 5.41) is 0. The van der Waals surface area contributed by atoms with E-state index in [1.165, 1.54) is 6.20 Å². The van der Waals surface area contributed by atoms with Gasteiger partial charge in [-0.2, -0.15) is 9.37 Å². The van der Waals surface area contributed by atoms with Crippen LogP contribution in [0.4, 0.5) is 15.0 Å². The lowest BCUT2D eigenvalue weighted by atomic mass is 10.1. The van der Waals surface area contributed by atoms with E-state index in [-0.39, 0.29) is 16.7 Å². The average molecular weight is 405 g/mol. The number of nitrogens with zero attached hydrogens (tertiary/aromatic N) is 4. The molecule has 1 aliphatic rings. The van der Waals surface area contributed by atoms with E-state index in [0.29, 0.717) is 32.1 Å². The number of piperazine rings is 1. The van der Waals surface area contributed by atoms with E-state index in [2.05, 4.69) is 25.9 Å². The van der Waals surface area contributed by atoms with Crippen LogP contribution in [0.5, 0.6) is 0 Å². The zero-order chi connectivity index (χ0) is 17.9. The van der Waals surface area contributed by atoms with Crippen molar-refractivity contribution in [2.75, 3.05) is 38.3 Å². The molecule has 24 heavy (non-hydrogen) atoms. The topological polar surface area (TPSA) is 67.8 Å². The van der Waals surface area contributed by atoms with Gasteiger partial charge in [0.25, 0.3) is 0 Å². The Bertz CT molecular complexity index is 597. The summed E-state index contributed by atoms with van der Waals surface area (Å²) < 4.78 is 24.4. The van der Waals surface area contributed by atoms with Crippen molar-refractivity contribution in [3.8, 4) is 0 Å². The molecule has 0 bridgehead atoms. The molecular weight excluding hydrogens is 383 g/mol. The fourth-order valence-corrected chi connectivity index (χ4v) is 2.65. The Labute approximate surface area is 149 Å². The maximum absolute atomic E-state index is 13.6. The van der Waals surface area contributed by atoms with Crippen LogP contribution in [-0.2, 0) is 9.47 Å². The second-order valence-electron chi connectivity index (χ2n) is 6.54. The summed E-state index contributed by atoms with van der Waals surface area (Å²) in [6.07, 6.45) is 1.12. The third-order valence-corrected chi connectivity index (χ3v) is 4.00. The zero-order valence-corrected chi connectivity index (χ0v) is 15.8. The van der Waals surface area contributed by atoms with Gasteiger partial charge in [-0.1, -0.05) is 0 Å². The third-order valence-electron chi connectivity index (χ3n) is 3.47. The molecule has 134 valence electrons. The molecule has 0 aliphatic carbocycles. The van der Waals surface area contributed by atoms with Crippen molar-refractivity contribution in [3.63, 3.8) is 0 Å². The van der Waals surface area contributed by atoms with Gasteiger partial charge in [0.05, 0.1) is 18.8 Å². The molecule has 9 heteroatoms. The van der Waals surface area contributed by atoms with Crippen LogP contribution in [0.2, 0.25) is 0 Å². The largest absolute Gasteiger partial charge is 0.444 e. The maximum Gasteiger partial charge on any atom is 0.410 e. The van der Waals surface area contributed by atoms with E-state index in [1.54, 1.807) is 12.0 Å². The molecule has 7 nitrogen and oxygen atoms in total. The molecule has 1 aromatic heterocycles. The van der Waals surface area contributed by atoms with E-state index >= 15 is 0 Å². The van der Waals surface area contributed by atoms with Gasteiger partial charge in [0.2, 0.25) is 5.95 Å². The minimum Gasteiger partial charge on any atom is -0.444 e. The number of methoxy groups -OCH3 is 1. The molecule has 1 aliphatic heterocycles. The van der Waals surface area contributed by atoms with Crippen LogP contribution in [0.15, 0.2) is 10.8 Å². The number of rotatable bonds is 3. The molecule has 2 rings (SSSR count). The van der Waals surface area contributed by atoms with Crippen LogP contribution in [0, 0.1) is 5.95 Å². The highest BCUT2D eigenvalue weighted by Gasteiger charge is 2.34. The third kappa shape index (κ3) is 4.76. The Morgan fingerprint density at radius 2 is 2.17 bits per heavy atom. The van der Waals surface area contributed by atoms with E-state index in [4.69, 9.17) is 9.47 Å². The summed E-state index contributed by atoms with van der Waals surface area (Å²) in [5.74, 6) is -0.231. The number of halogens is 2. The molecule has 2 heterocycles. The van der Waals surface area contributed by atoms with Gasteiger partial charge in [-0.05, 0) is 36.7 Å². The first-order valence-corrected chi connectivity index (χ1v) is 8.42. The molecular formula is C15H22BrFN4O3. The van der Waals surface area contributed by atoms with Gasteiger partial charge in [-0.15, -0.1) is 0 Å². The molecule has 0 saturated carbocycles. The molecule has 1 aromatic rings. The van der Waals surface area contributed by atoms with Crippen LogP contribution in [0.25, 0.3) is 0 Å². The van der Waals surface area contributed by atoms with Crippen molar-refractivity contribution in [2.45, 2.75) is 32.4 Å².